The highest BCUT2D eigenvalue weighted by Crippen LogP contribution is 2.26. The van der Waals surface area contributed by atoms with E-state index >= 15 is 0 Å². The number of unbranched alkanes of at least 4 members (excludes halogenated alkanes) is 2. The van der Waals surface area contributed by atoms with Gasteiger partial charge in [-0.2, -0.15) is 15.0 Å². The van der Waals surface area contributed by atoms with Crippen LogP contribution >= 0.6 is 23.2 Å². The van der Waals surface area contributed by atoms with Crippen LogP contribution < -0.4 is 5.32 Å². The zero-order chi connectivity index (χ0) is 24.2. The minimum absolute atomic E-state index is 0.433. The number of hydrogen-bond acceptors (Lipinski definition) is 4. The van der Waals surface area contributed by atoms with Crippen molar-refractivity contribution < 1.29 is 0 Å². The molecule has 0 spiro atoms. The summed E-state index contributed by atoms with van der Waals surface area (Å²) in [5.74, 6) is 0. The van der Waals surface area contributed by atoms with Gasteiger partial charge in [0.2, 0.25) is 0 Å². The Morgan fingerprint density at radius 1 is 0.824 bits per heavy atom. The maximum absolute atomic E-state index is 6.38. The molecule has 0 fully saturated rings. The van der Waals surface area contributed by atoms with Crippen LogP contribution in [0.2, 0.25) is 10.0 Å². The van der Waals surface area contributed by atoms with E-state index in [1.165, 1.54) is 38.8 Å². The Labute approximate surface area is 214 Å². The highest BCUT2D eigenvalue weighted by Gasteiger charge is 2.15. The van der Waals surface area contributed by atoms with Gasteiger partial charge in [0.25, 0.3) is 0 Å². The molecule has 0 amide bonds. The Kier molecular flexibility index (Phi) is 11.4. The minimum Gasteiger partial charge on any atom is -0.311 e. The second kappa shape index (κ2) is 14.5. The molecular weight excluding hydrogens is 465 g/mol. The van der Waals surface area contributed by atoms with E-state index in [1.807, 2.05) is 36.4 Å². The number of halogens is 2. The molecule has 1 N–H and O–H groups in total. The van der Waals surface area contributed by atoms with Crippen LogP contribution in [-0.2, 0) is 13.1 Å². The minimum atomic E-state index is 0.433. The Bertz CT molecular complexity index is 962. The number of nitrogens with zero attached hydrogens (tertiary/aromatic N) is 4. The second-order valence-electron chi connectivity index (χ2n) is 8.67. The lowest BCUT2D eigenvalue weighted by Gasteiger charge is -2.21. The van der Waals surface area contributed by atoms with Crippen molar-refractivity contribution in [1.29, 1.82) is 0 Å². The van der Waals surface area contributed by atoms with Crippen LogP contribution in [-0.4, -0.2) is 46.1 Å². The zero-order valence-corrected chi connectivity index (χ0v) is 22.0. The zero-order valence-electron chi connectivity index (χ0n) is 20.4. The fourth-order valence-corrected chi connectivity index (χ4v) is 4.47. The van der Waals surface area contributed by atoms with Crippen molar-refractivity contribution in [2.75, 3.05) is 26.2 Å². The molecule has 2 aromatic carbocycles. The number of benzene rings is 2. The van der Waals surface area contributed by atoms with E-state index in [4.69, 9.17) is 33.4 Å². The first-order valence-electron chi connectivity index (χ1n) is 12.5. The molecule has 0 atom stereocenters. The maximum Gasteiger partial charge on any atom is 0.117 e. The predicted octanol–water partition coefficient (Wildman–Crippen LogP) is 6.68. The van der Waals surface area contributed by atoms with Crippen molar-refractivity contribution in [1.82, 2.24) is 25.2 Å². The lowest BCUT2D eigenvalue weighted by atomic mass is 10.1. The van der Waals surface area contributed by atoms with Crippen molar-refractivity contribution in [3.63, 3.8) is 0 Å². The number of aromatic nitrogens is 3. The molecule has 0 aliphatic heterocycles. The highest BCUT2D eigenvalue weighted by molar-refractivity contribution is 6.35. The van der Waals surface area contributed by atoms with Gasteiger partial charge in [0.15, 0.2) is 0 Å². The van der Waals surface area contributed by atoms with E-state index in [0.717, 1.165) is 42.0 Å². The van der Waals surface area contributed by atoms with Crippen molar-refractivity contribution in [3.8, 4) is 11.3 Å². The first kappa shape index (κ1) is 26.7. The van der Waals surface area contributed by atoms with Gasteiger partial charge >= 0.3 is 0 Å². The molecule has 0 saturated carbocycles. The summed E-state index contributed by atoms with van der Waals surface area (Å²) in [4.78, 5) is 4.30. The van der Waals surface area contributed by atoms with Crippen LogP contribution in [0.15, 0.2) is 48.5 Å². The smallest absolute Gasteiger partial charge is 0.117 e. The first-order chi connectivity index (χ1) is 16.6. The third-order valence-corrected chi connectivity index (χ3v) is 6.62. The third kappa shape index (κ3) is 8.09. The van der Waals surface area contributed by atoms with E-state index in [0.29, 0.717) is 23.1 Å². The largest absolute Gasteiger partial charge is 0.311 e. The number of rotatable bonds is 15. The molecule has 0 unspecified atom stereocenters. The molecule has 7 heteroatoms. The van der Waals surface area contributed by atoms with Crippen LogP contribution in [0.4, 0.5) is 0 Å². The SMILES string of the molecule is CCCCN(CCCC)CCCNCc1nn(Cc2c(Cl)cccc2Cl)nc1-c1ccccc1. The molecule has 5 nitrogen and oxygen atoms in total. The highest BCUT2D eigenvalue weighted by atomic mass is 35.5. The van der Waals surface area contributed by atoms with Gasteiger partial charge in [-0.05, 0) is 57.6 Å². The quantitative estimate of drug-likeness (QED) is 0.236. The Morgan fingerprint density at radius 2 is 1.47 bits per heavy atom. The van der Waals surface area contributed by atoms with Crippen LogP contribution in [0.5, 0.6) is 0 Å². The second-order valence-corrected chi connectivity index (χ2v) is 9.49. The van der Waals surface area contributed by atoms with Gasteiger partial charge in [-0.1, -0.05) is 86.3 Å². The summed E-state index contributed by atoms with van der Waals surface area (Å²) in [6.45, 7) is 10.1. The summed E-state index contributed by atoms with van der Waals surface area (Å²) in [5, 5.41) is 14.4. The van der Waals surface area contributed by atoms with Crippen molar-refractivity contribution in [2.24, 2.45) is 0 Å². The van der Waals surface area contributed by atoms with Gasteiger partial charge in [0, 0.05) is 27.7 Å². The summed E-state index contributed by atoms with van der Waals surface area (Å²) in [6, 6.07) is 15.7. The molecule has 3 rings (SSSR count). The molecule has 0 aliphatic rings. The summed E-state index contributed by atoms with van der Waals surface area (Å²) in [5.41, 5.74) is 3.72. The molecule has 184 valence electrons. The molecule has 1 heterocycles. The summed E-state index contributed by atoms with van der Waals surface area (Å²) in [6.07, 6.45) is 6.17. The van der Waals surface area contributed by atoms with E-state index < -0.39 is 0 Å². The van der Waals surface area contributed by atoms with Gasteiger partial charge < -0.3 is 10.2 Å². The summed E-state index contributed by atoms with van der Waals surface area (Å²) >= 11 is 12.8. The Hall–Kier alpha value is -1.92. The molecule has 34 heavy (non-hydrogen) atoms. The average molecular weight is 503 g/mol. The number of nitrogens with one attached hydrogen (secondary N) is 1. The maximum atomic E-state index is 6.38. The molecule has 1 aromatic heterocycles. The van der Waals surface area contributed by atoms with Crippen molar-refractivity contribution in [3.05, 3.63) is 69.8 Å². The monoisotopic (exact) mass is 501 g/mol. The van der Waals surface area contributed by atoms with E-state index in [9.17, 15) is 0 Å². The standard InChI is InChI=1S/C27H37Cl2N5/c1-3-5-17-33(18-6-4-2)19-11-16-30-20-26-27(22-12-8-7-9-13-22)32-34(31-26)21-23-24(28)14-10-15-25(23)29/h7-10,12-15,30H,3-6,11,16-21H2,1-2H3. The van der Waals surface area contributed by atoms with Gasteiger partial charge in [0.1, 0.15) is 11.4 Å². The molecular formula is C27H37Cl2N5. The fourth-order valence-electron chi connectivity index (χ4n) is 3.95. The Morgan fingerprint density at radius 3 is 2.12 bits per heavy atom. The van der Waals surface area contributed by atoms with Crippen LogP contribution in [0.1, 0.15) is 57.2 Å². The molecule has 0 bridgehead atoms. The van der Waals surface area contributed by atoms with E-state index in [1.54, 1.807) is 4.80 Å². The van der Waals surface area contributed by atoms with Crippen molar-refractivity contribution >= 4 is 23.2 Å². The van der Waals surface area contributed by atoms with E-state index in [2.05, 4.69) is 36.2 Å². The average Bonchev–Trinajstić information content (AvgIpc) is 3.25. The van der Waals surface area contributed by atoms with Crippen LogP contribution in [0.25, 0.3) is 11.3 Å². The van der Waals surface area contributed by atoms with Gasteiger partial charge in [-0.3, -0.25) is 0 Å². The summed E-state index contributed by atoms with van der Waals surface area (Å²) in [7, 11) is 0. The topological polar surface area (TPSA) is 46.0 Å². The molecule has 0 radical (unpaired) electrons. The summed E-state index contributed by atoms with van der Waals surface area (Å²) < 4.78 is 0. The Balaban J connectivity index is 1.63. The van der Waals surface area contributed by atoms with Gasteiger partial charge in [-0.25, -0.2) is 0 Å². The molecule has 3 aromatic rings. The lowest BCUT2D eigenvalue weighted by Crippen LogP contribution is -2.29. The predicted molar refractivity (Wildman–Crippen MR) is 144 cm³/mol. The van der Waals surface area contributed by atoms with Gasteiger partial charge in [0.05, 0.1) is 6.54 Å². The number of hydrogen-bond donors (Lipinski definition) is 1. The fraction of sp³-hybridized carbons (Fsp3) is 0.481. The van der Waals surface area contributed by atoms with Crippen molar-refractivity contribution in [2.45, 2.75) is 59.0 Å². The normalized spacial score (nSPS) is 11.4. The van der Waals surface area contributed by atoms with Crippen LogP contribution in [0.3, 0.4) is 0 Å². The van der Waals surface area contributed by atoms with Crippen LogP contribution in [0, 0.1) is 0 Å². The third-order valence-electron chi connectivity index (χ3n) is 5.91. The lowest BCUT2D eigenvalue weighted by molar-refractivity contribution is 0.261. The molecule has 0 saturated heterocycles. The molecule has 0 aliphatic carbocycles. The first-order valence-corrected chi connectivity index (χ1v) is 13.2. The van der Waals surface area contributed by atoms with E-state index in [-0.39, 0.29) is 0 Å². The van der Waals surface area contributed by atoms with Gasteiger partial charge in [-0.15, -0.1) is 0 Å².